The zero-order valence-electron chi connectivity index (χ0n) is 16.5. The Morgan fingerprint density at radius 2 is 0.364 bits per heavy atom. The van der Waals surface area contributed by atoms with Crippen molar-refractivity contribution in [2.75, 3.05) is 0 Å². The van der Waals surface area contributed by atoms with Crippen molar-refractivity contribution in [1.82, 2.24) is 0 Å². The van der Waals surface area contributed by atoms with Crippen molar-refractivity contribution in [2.24, 2.45) is 0 Å². The van der Waals surface area contributed by atoms with Gasteiger partial charge in [0, 0.05) is 40.2 Å². The molecule has 0 N–H and O–H groups in total. The minimum absolute atomic E-state index is 0. The van der Waals surface area contributed by atoms with Crippen LogP contribution in [0.1, 0.15) is 0 Å². The first-order chi connectivity index (χ1) is 15.1. The molecule has 0 radical (unpaired) electrons. The highest BCUT2D eigenvalue weighted by molar-refractivity contribution is 7.59. The molecule has 9 heteroatoms. The molecular formula is C24H14Cl8S. The van der Waals surface area contributed by atoms with Gasteiger partial charge in [-0.3, -0.25) is 0 Å². The van der Waals surface area contributed by atoms with E-state index in [2.05, 4.69) is 0 Å². The van der Waals surface area contributed by atoms with Gasteiger partial charge in [0.25, 0.3) is 0 Å². The van der Waals surface area contributed by atoms with E-state index in [9.17, 15) is 0 Å². The van der Waals surface area contributed by atoms with Crippen molar-refractivity contribution in [1.29, 1.82) is 0 Å². The molecule has 0 unspecified atom stereocenters. The van der Waals surface area contributed by atoms with Gasteiger partial charge in [-0.1, -0.05) is 92.8 Å². The number of benzene rings is 4. The highest BCUT2D eigenvalue weighted by Crippen LogP contribution is 2.32. The van der Waals surface area contributed by atoms with Crippen LogP contribution in [0.15, 0.2) is 72.8 Å². The Balaban J connectivity index is 0.000000227. The van der Waals surface area contributed by atoms with Gasteiger partial charge in [-0.15, -0.1) is 0 Å². The number of hydrogen-bond donors (Lipinski definition) is 0. The second-order valence-electron chi connectivity index (χ2n) is 6.63. The molecule has 172 valence electrons. The summed E-state index contributed by atoms with van der Waals surface area (Å²) >= 11 is 47.4. The normalized spacial score (nSPS) is 10.2. The van der Waals surface area contributed by atoms with Crippen LogP contribution in [0.25, 0.3) is 22.3 Å². The van der Waals surface area contributed by atoms with Gasteiger partial charge < -0.3 is 0 Å². The molecule has 0 nitrogen and oxygen atoms in total. The molecular weight excluding hydrogens is 604 g/mol. The highest BCUT2D eigenvalue weighted by Gasteiger charge is 2.05. The van der Waals surface area contributed by atoms with Crippen molar-refractivity contribution >= 4 is 106 Å². The molecule has 33 heavy (non-hydrogen) atoms. The largest absolute Gasteiger partial charge is 0.197 e. The standard InChI is InChI=1S/2C12H6Cl4.H2S/c2*13-9-1-7(2-10(14)5-9)8-3-11(15)6-12(16)4-8;/h2*1-6H;1H2. The van der Waals surface area contributed by atoms with Crippen LogP contribution in [0, 0.1) is 0 Å². The lowest BCUT2D eigenvalue weighted by Crippen LogP contribution is -1.79. The van der Waals surface area contributed by atoms with Crippen LogP contribution in [0.2, 0.25) is 40.2 Å². The molecule has 0 saturated heterocycles. The fraction of sp³-hybridized carbons (Fsp3) is 0. The summed E-state index contributed by atoms with van der Waals surface area (Å²) < 4.78 is 0. The van der Waals surface area contributed by atoms with Gasteiger partial charge in [-0.05, 0) is 95.1 Å². The lowest BCUT2D eigenvalue weighted by Gasteiger charge is -2.05. The quantitative estimate of drug-likeness (QED) is 0.210. The number of rotatable bonds is 2. The zero-order valence-corrected chi connectivity index (χ0v) is 23.5. The lowest BCUT2D eigenvalue weighted by molar-refractivity contribution is 1.61. The fourth-order valence-corrected chi connectivity index (χ4v) is 4.99. The molecule has 0 aliphatic heterocycles. The summed E-state index contributed by atoms with van der Waals surface area (Å²) in [6, 6.07) is 21.2. The van der Waals surface area contributed by atoms with Crippen molar-refractivity contribution in [3.05, 3.63) is 113 Å². The Kier molecular flexibility index (Phi) is 11.4. The van der Waals surface area contributed by atoms with E-state index >= 15 is 0 Å². The lowest BCUT2D eigenvalue weighted by atomic mass is 10.1. The molecule has 0 atom stereocenters. The molecule has 0 bridgehead atoms. The third-order valence-corrected chi connectivity index (χ3v) is 5.86. The van der Waals surface area contributed by atoms with E-state index in [1.165, 1.54) is 0 Å². The molecule has 0 fully saturated rings. The molecule has 0 spiro atoms. The van der Waals surface area contributed by atoms with Crippen LogP contribution in [0.4, 0.5) is 0 Å². The molecule has 4 rings (SSSR count). The summed E-state index contributed by atoms with van der Waals surface area (Å²) in [5.41, 5.74) is 3.56. The molecule has 0 aliphatic rings. The Morgan fingerprint density at radius 3 is 0.485 bits per heavy atom. The van der Waals surface area contributed by atoms with Crippen molar-refractivity contribution in [3.8, 4) is 22.3 Å². The third-order valence-electron chi connectivity index (χ3n) is 4.12. The summed E-state index contributed by atoms with van der Waals surface area (Å²) in [5, 5.41) is 4.66. The molecule has 4 aromatic rings. The predicted molar refractivity (Wildman–Crippen MR) is 154 cm³/mol. The van der Waals surface area contributed by atoms with Gasteiger partial charge in [0.15, 0.2) is 0 Å². The number of hydrogen-bond acceptors (Lipinski definition) is 0. The summed E-state index contributed by atoms with van der Waals surface area (Å²) in [4.78, 5) is 0. The van der Waals surface area contributed by atoms with E-state index in [0.717, 1.165) is 22.3 Å². The zero-order chi connectivity index (χ0) is 23.4. The van der Waals surface area contributed by atoms with E-state index in [-0.39, 0.29) is 13.5 Å². The van der Waals surface area contributed by atoms with Crippen molar-refractivity contribution in [3.63, 3.8) is 0 Å². The minimum atomic E-state index is 0. The second kappa shape index (κ2) is 13.0. The summed E-state index contributed by atoms with van der Waals surface area (Å²) in [5.74, 6) is 0. The first-order valence-corrected chi connectivity index (χ1v) is 12.0. The van der Waals surface area contributed by atoms with Crippen molar-refractivity contribution < 1.29 is 0 Å². The van der Waals surface area contributed by atoms with Crippen LogP contribution in [-0.2, 0) is 0 Å². The molecule has 4 aromatic carbocycles. The Labute approximate surface area is 239 Å². The molecule has 0 aromatic heterocycles. The van der Waals surface area contributed by atoms with E-state index in [0.29, 0.717) is 40.2 Å². The van der Waals surface area contributed by atoms with Gasteiger partial charge in [0.05, 0.1) is 0 Å². The molecule has 0 amide bonds. The van der Waals surface area contributed by atoms with Gasteiger partial charge in [0.2, 0.25) is 0 Å². The van der Waals surface area contributed by atoms with E-state index in [1.807, 2.05) is 48.5 Å². The van der Waals surface area contributed by atoms with Crippen LogP contribution in [0.5, 0.6) is 0 Å². The van der Waals surface area contributed by atoms with Crippen LogP contribution in [0.3, 0.4) is 0 Å². The van der Waals surface area contributed by atoms with E-state index < -0.39 is 0 Å². The summed E-state index contributed by atoms with van der Waals surface area (Å²) in [6.07, 6.45) is 0. The van der Waals surface area contributed by atoms with Crippen LogP contribution < -0.4 is 0 Å². The Bertz CT molecular complexity index is 995. The summed E-state index contributed by atoms with van der Waals surface area (Å²) in [7, 11) is 0. The van der Waals surface area contributed by atoms with Crippen molar-refractivity contribution in [2.45, 2.75) is 0 Å². The maximum Gasteiger partial charge on any atom is 0.0426 e. The molecule has 0 aliphatic carbocycles. The highest BCUT2D eigenvalue weighted by atomic mass is 35.5. The van der Waals surface area contributed by atoms with E-state index in [1.54, 1.807) is 24.3 Å². The van der Waals surface area contributed by atoms with Crippen LogP contribution >= 0.6 is 106 Å². The summed E-state index contributed by atoms with van der Waals surface area (Å²) in [6.45, 7) is 0. The third kappa shape index (κ3) is 8.93. The maximum absolute atomic E-state index is 5.93. The molecule has 0 saturated carbocycles. The first kappa shape index (κ1) is 28.8. The fourth-order valence-electron chi connectivity index (χ4n) is 2.88. The molecule has 0 heterocycles. The number of halogens is 8. The Morgan fingerprint density at radius 1 is 0.242 bits per heavy atom. The second-order valence-corrected chi connectivity index (χ2v) is 10.1. The SMILES string of the molecule is Clc1cc(Cl)cc(-c2cc(Cl)cc(Cl)c2)c1.Clc1cc(Cl)cc(-c2cc(Cl)cc(Cl)c2)c1.S. The minimum Gasteiger partial charge on any atom is -0.197 e. The maximum atomic E-state index is 5.93. The smallest absolute Gasteiger partial charge is 0.0426 e. The average molecular weight is 618 g/mol. The van der Waals surface area contributed by atoms with Gasteiger partial charge >= 0.3 is 0 Å². The van der Waals surface area contributed by atoms with Crippen LogP contribution in [-0.4, -0.2) is 0 Å². The predicted octanol–water partition coefficient (Wildman–Crippen LogP) is 12.0. The van der Waals surface area contributed by atoms with E-state index in [4.69, 9.17) is 92.8 Å². The first-order valence-electron chi connectivity index (χ1n) is 8.94. The Hall–Kier alpha value is -0.450. The van der Waals surface area contributed by atoms with Gasteiger partial charge in [-0.2, -0.15) is 13.5 Å². The topological polar surface area (TPSA) is 0 Å². The van der Waals surface area contributed by atoms with Gasteiger partial charge in [-0.25, -0.2) is 0 Å². The monoisotopic (exact) mass is 614 g/mol. The average Bonchev–Trinajstić information content (AvgIpc) is 2.65. The van der Waals surface area contributed by atoms with Gasteiger partial charge in [0.1, 0.15) is 0 Å².